The van der Waals surface area contributed by atoms with Crippen molar-refractivity contribution in [3.63, 3.8) is 0 Å². The number of likely N-dealkylation sites (N-methyl/N-ethyl adjacent to an activating group) is 1. The minimum atomic E-state index is -4.29. The highest BCUT2D eigenvalue weighted by atomic mass is 19.4. The monoisotopic (exact) mass is 289 g/mol. The lowest BCUT2D eigenvalue weighted by atomic mass is 10.0. The smallest absolute Gasteiger partial charge is 0.377 e. The van der Waals surface area contributed by atoms with Crippen LogP contribution in [0.25, 0.3) is 0 Å². The third-order valence-corrected chi connectivity index (χ3v) is 2.86. The summed E-state index contributed by atoms with van der Waals surface area (Å²) < 4.78 is 43.5. The average Bonchev–Trinajstić information content (AvgIpc) is 2.35. The molecule has 114 valence electrons. The van der Waals surface area contributed by atoms with Crippen molar-refractivity contribution >= 4 is 0 Å². The maximum atomic E-state index is 12.7. The predicted molar refractivity (Wildman–Crippen MR) is 73.7 cm³/mol. The highest BCUT2D eigenvalue weighted by Gasteiger charge is 2.30. The first-order valence-corrected chi connectivity index (χ1v) is 6.84. The van der Waals surface area contributed by atoms with Gasteiger partial charge in [-0.05, 0) is 38.4 Å². The van der Waals surface area contributed by atoms with E-state index in [0.29, 0.717) is 18.6 Å². The van der Waals surface area contributed by atoms with E-state index < -0.39 is 11.7 Å². The maximum absolute atomic E-state index is 12.7. The fourth-order valence-corrected chi connectivity index (χ4v) is 1.95. The van der Waals surface area contributed by atoms with Crippen molar-refractivity contribution in [1.29, 1.82) is 0 Å². The minimum absolute atomic E-state index is 0.0193. The van der Waals surface area contributed by atoms with Crippen LogP contribution in [0.5, 0.6) is 0 Å². The highest BCUT2D eigenvalue weighted by Crippen LogP contribution is 2.29. The van der Waals surface area contributed by atoms with Gasteiger partial charge in [0, 0.05) is 6.04 Å². The molecule has 0 amide bonds. The highest BCUT2D eigenvalue weighted by molar-refractivity contribution is 5.26. The molecule has 0 spiro atoms. The molecule has 5 heteroatoms. The molecule has 1 atom stereocenters. The normalized spacial score (nSPS) is 13.8. The first-order chi connectivity index (χ1) is 9.32. The second-order valence-corrected chi connectivity index (χ2v) is 5.04. The molecule has 0 aliphatic carbocycles. The molecule has 2 nitrogen and oxygen atoms in total. The Labute approximate surface area is 118 Å². The summed E-state index contributed by atoms with van der Waals surface area (Å²) in [5.74, 6) is 0. The number of halogens is 3. The number of nitrogens with one attached hydrogen (secondary N) is 1. The van der Waals surface area contributed by atoms with E-state index in [1.807, 2.05) is 20.8 Å². The molecular weight excluding hydrogens is 267 g/mol. The molecule has 0 aromatic heterocycles. The molecule has 0 saturated heterocycles. The van der Waals surface area contributed by atoms with Gasteiger partial charge in [-0.25, -0.2) is 0 Å². The Balaban J connectivity index is 2.72. The van der Waals surface area contributed by atoms with Gasteiger partial charge >= 0.3 is 6.18 Å². The lowest BCUT2D eigenvalue weighted by Gasteiger charge is -2.20. The molecule has 1 rings (SSSR count). The Kier molecular flexibility index (Phi) is 6.49. The summed E-state index contributed by atoms with van der Waals surface area (Å²) in [5, 5.41) is 3.24. The number of benzene rings is 1. The van der Waals surface area contributed by atoms with E-state index in [-0.39, 0.29) is 12.1 Å². The molecule has 0 bridgehead atoms. The zero-order valence-electron chi connectivity index (χ0n) is 12.1. The summed E-state index contributed by atoms with van der Waals surface area (Å²) in [6.07, 6.45) is -3.67. The van der Waals surface area contributed by atoms with E-state index in [1.54, 1.807) is 6.07 Å². The molecular formula is C15H22F3NO. The number of hydrogen-bond acceptors (Lipinski definition) is 2. The number of ether oxygens (including phenoxy) is 1. The molecule has 1 unspecified atom stereocenters. The van der Waals surface area contributed by atoms with E-state index in [2.05, 4.69) is 5.32 Å². The SMILES string of the molecule is CCNC(COC(C)C)Cc1cccc(C(F)(F)F)c1. The Morgan fingerprint density at radius 3 is 2.50 bits per heavy atom. The van der Waals surface area contributed by atoms with Crippen LogP contribution in [0.15, 0.2) is 24.3 Å². The van der Waals surface area contributed by atoms with Gasteiger partial charge in [0.1, 0.15) is 0 Å². The van der Waals surface area contributed by atoms with Gasteiger partial charge in [0.05, 0.1) is 18.3 Å². The van der Waals surface area contributed by atoms with Crippen molar-refractivity contribution in [3.8, 4) is 0 Å². The lowest BCUT2D eigenvalue weighted by Crippen LogP contribution is -2.36. The zero-order chi connectivity index (χ0) is 15.2. The molecule has 0 radical (unpaired) electrons. The van der Waals surface area contributed by atoms with Crippen molar-refractivity contribution in [2.24, 2.45) is 0 Å². The molecule has 1 aromatic rings. The number of hydrogen-bond donors (Lipinski definition) is 1. The van der Waals surface area contributed by atoms with Gasteiger partial charge in [0.2, 0.25) is 0 Å². The fraction of sp³-hybridized carbons (Fsp3) is 0.600. The summed E-state index contributed by atoms with van der Waals surface area (Å²) in [4.78, 5) is 0. The van der Waals surface area contributed by atoms with Crippen LogP contribution in [0.1, 0.15) is 31.9 Å². The molecule has 0 aliphatic heterocycles. The van der Waals surface area contributed by atoms with Crippen LogP contribution >= 0.6 is 0 Å². The van der Waals surface area contributed by atoms with Crippen molar-refractivity contribution in [1.82, 2.24) is 5.32 Å². The van der Waals surface area contributed by atoms with Gasteiger partial charge in [-0.1, -0.05) is 25.1 Å². The summed E-state index contributed by atoms with van der Waals surface area (Å²) in [7, 11) is 0. The van der Waals surface area contributed by atoms with Crippen LogP contribution in [-0.4, -0.2) is 25.3 Å². The quantitative estimate of drug-likeness (QED) is 0.827. The van der Waals surface area contributed by atoms with Crippen LogP contribution in [0.2, 0.25) is 0 Å². The van der Waals surface area contributed by atoms with Crippen LogP contribution in [0.4, 0.5) is 13.2 Å². The fourth-order valence-electron chi connectivity index (χ4n) is 1.95. The molecule has 0 saturated carbocycles. The molecule has 20 heavy (non-hydrogen) atoms. The minimum Gasteiger partial charge on any atom is -0.377 e. The van der Waals surface area contributed by atoms with Gasteiger partial charge in [-0.3, -0.25) is 0 Å². The molecule has 0 heterocycles. The van der Waals surface area contributed by atoms with Gasteiger partial charge in [-0.2, -0.15) is 13.2 Å². The van der Waals surface area contributed by atoms with Gasteiger partial charge in [0.15, 0.2) is 0 Å². The maximum Gasteiger partial charge on any atom is 0.416 e. The average molecular weight is 289 g/mol. The largest absolute Gasteiger partial charge is 0.416 e. The van der Waals surface area contributed by atoms with Crippen molar-refractivity contribution in [2.75, 3.05) is 13.2 Å². The zero-order valence-corrected chi connectivity index (χ0v) is 12.1. The van der Waals surface area contributed by atoms with E-state index in [9.17, 15) is 13.2 Å². The topological polar surface area (TPSA) is 21.3 Å². The predicted octanol–water partition coefficient (Wildman–Crippen LogP) is 3.65. The van der Waals surface area contributed by atoms with Gasteiger partial charge in [-0.15, -0.1) is 0 Å². The van der Waals surface area contributed by atoms with Crippen LogP contribution in [0, 0.1) is 0 Å². The number of rotatable bonds is 7. The first-order valence-electron chi connectivity index (χ1n) is 6.84. The second kappa shape index (κ2) is 7.64. The third kappa shape index (κ3) is 5.92. The summed E-state index contributed by atoms with van der Waals surface area (Å²) in [6, 6.07) is 5.49. The Morgan fingerprint density at radius 2 is 1.95 bits per heavy atom. The van der Waals surface area contributed by atoms with E-state index in [0.717, 1.165) is 12.6 Å². The Bertz CT molecular complexity index is 404. The molecule has 1 N–H and O–H groups in total. The van der Waals surface area contributed by atoms with Crippen LogP contribution in [-0.2, 0) is 17.3 Å². The van der Waals surface area contributed by atoms with Gasteiger partial charge in [0.25, 0.3) is 0 Å². The number of alkyl halides is 3. The van der Waals surface area contributed by atoms with E-state index in [1.165, 1.54) is 12.1 Å². The van der Waals surface area contributed by atoms with E-state index in [4.69, 9.17) is 4.74 Å². The lowest BCUT2D eigenvalue weighted by molar-refractivity contribution is -0.137. The second-order valence-electron chi connectivity index (χ2n) is 5.04. The molecule has 1 aromatic carbocycles. The standard InChI is InChI=1S/C15H22F3NO/c1-4-19-14(10-20-11(2)3)9-12-6-5-7-13(8-12)15(16,17)18/h5-8,11,14,19H,4,9-10H2,1-3H3. The molecule has 0 fully saturated rings. The Morgan fingerprint density at radius 1 is 1.25 bits per heavy atom. The van der Waals surface area contributed by atoms with Crippen molar-refractivity contribution < 1.29 is 17.9 Å². The summed E-state index contributed by atoms with van der Waals surface area (Å²) in [6.45, 7) is 7.09. The van der Waals surface area contributed by atoms with Gasteiger partial charge < -0.3 is 10.1 Å². The Hall–Kier alpha value is -1.07. The van der Waals surface area contributed by atoms with Crippen LogP contribution < -0.4 is 5.32 Å². The third-order valence-electron chi connectivity index (χ3n) is 2.86. The van der Waals surface area contributed by atoms with Crippen LogP contribution in [0.3, 0.4) is 0 Å². The van der Waals surface area contributed by atoms with Crippen molar-refractivity contribution in [3.05, 3.63) is 35.4 Å². The summed E-state index contributed by atoms with van der Waals surface area (Å²) >= 11 is 0. The van der Waals surface area contributed by atoms with E-state index >= 15 is 0 Å². The van der Waals surface area contributed by atoms with Crippen molar-refractivity contribution in [2.45, 2.75) is 45.5 Å². The molecule has 0 aliphatic rings. The first kappa shape index (κ1) is 17.0. The summed E-state index contributed by atoms with van der Waals surface area (Å²) in [5.41, 5.74) is 0.0631.